The second kappa shape index (κ2) is 5.43. The molecule has 2 rings (SSSR count). The van der Waals surface area contributed by atoms with Crippen molar-refractivity contribution in [2.45, 2.75) is 13.1 Å². The van der Waals surface area contributed by atoms with E-state index in [1.54, 1.807) is 4.68 Å². The molecule has 0 aliphatic heterocycles. The Morgan fingerprint density at radius 1 is 1.28 bits per heavy atom. The molecule has 1 aromatic carbocycles. The molecule has 0 aliphatic carbocycles. The van der Waals surface area contributed by atoms with Crippen molar-refractivity contribution in [1.82, 2.24) is 19.9 Å². The molecular formula is C13H15N5. The van der Waals surface area contributed by atoms with Gasteiger partial charge in [0.1, 0.15) is 0 Å². The third-order valence-corrected chi connectivity index (χ3v) is 2.62. The van der Waals surface area contributed by atoms with E-state index in [1.807, 2.05) is 44.6 Å². The number of aryl methyl sites for hydroxylation is 1. The molecule has 1 heterocycles. The maximum Gasteiger partial charge on any atom is 0.0991 e. The predicted octanol–water partition coefficient (Wildman–Crippen LogP) is 1.32. The third-order valence-electron chi connectivity index (χ3n) is 2.62. The fraction of sp³-hybridized carbons (Fsp3) is 0.308. The van der Waals surface area contributed by atoms with E-state index in [4.69, 9.17) is 5.26 Å². The van der Waals surface area contributed by atoms with Crippen molar-refractivity contribution in [3.63, 3.8) is 0 Å². The summed E-state index contributed by atoms with van der Waals surface area (Å²) in [5.41, 5.74) is 2.82. The number of nitrogens with zero attached hydrogens (tertiary/aromatic N) is 5. The lowest BCUT2D eigenvalue weighted by molar-refractivity contribution is 0.315. The largest absolute Gasteiger partial charge is 0.296 e. The zero-order chi connectivity index (χ0) is 13.0. The first-order chi connectivity index (χ1) is 8.67. The molecule has 0 N–H and O–H groups in total. The van der Waals surface area contributed by atoms with Gasteiger partial charge >= 0.3 is 0 Å². The average molecular weight is 241 g/mol. The molecule has 0 atom stereocenters. The van der Waals surface area contributed by atoms with E-state index in [2.05, 4.69) is 21.3 Å². The SMILES string of the molecule is CN(Cc1ccc(C#N)cc1)Cc1cn(C)nn1. The average Bonchev–Trinajstić information content (AvgIpc) is 2.75. The molecule has 1 aromatic heterocycles. The molecule has 0 amide bonds. The van der Waals surface area contributed by atoms with Crippen LogP contribution in [0.5, 0.6) is 0 Å². The maximum atomic E-state index is 8.73. The topological polar surface area (TPSA) is 57.7 Å². The monoisotopic (exact) mass is 241 g/mol. The second-order valence-electron chi connectivity index (χ2n) is 4.36. The molecule has 0 fully saturated rings. The van der Waals surface area contributed by atoms with Gasteiger partial charge in [0.2, 0.25) is 0 Å². The van der Waals surface area contributed by atoms with Gasteiger partial charge in [-0.2, -0.15) is 5.26 Å². The van der Waals surface area contributed by atoms with Crippen molar-refractivity contribution >= 4 is 0 Å². The van der Waals surface area contributed by atoms with Crippen LogP contribution in [0.1, 0.15) is 16.8 Å². The van der Waals surface area contributed by atoms with Crippen LogP contribution in [0, 0.1) is 11.3 Å². The minimum absolute atomic E-state index is 0.690. The van der Waals surface area contributed by atoms with Gasteiger partial charge in [0.15, 0.2) is 0 Å². The lowest BCUT2D eigenvalue weighted by Crippen LogP contribution is -2.17. The highest BCUT2D eigenvalue weighted by Gasteiger charge is 2.04. The molecule has 2 aromatic rings. The summed E-state index contributed by atoms with van der Waals surface area (Å²) < 4.78 is 1.70. The predicted molar refractivity (Wildman–Crippen MR) is 67.3 cm³/mol. The lowest BCUT2D eigenvalue weighted by atomic mass is 10.1. The van der Waals surface area contributed by atoms with Crippen molar-refractivity contribution in [2.75, 3.05) is 7.05 Å². The van der Waals surface area contributed by atoms with E-state index < -0.39 is 0 Å². The van der Waals surface area contributed by atoms with Crippen molar-refractivity contribution in [3.05, 3.63) is 47.3 Å². The van der Waals surface area contributed by atoms with Gasteiger partial charge in [-0.25, -0.2) is 0 Å². The van der Waals surface area contributed by atoms with Crippen LogP contribution in [-0.4, -0.2) is 26.9 Å². The Morgan fingerprint density at radius 3 is 2.56 bits per heavy atom. The molecule has 18 heavy (non-hydrogen) atoms. The summed E-state index contributed by atoms with van der Waals surface area (Å²) >= 11 is 0. The molecule has 5 nitrogen and oxygen atoms in total. The van der Waals surface area contributed by atoms with Crippen LogP contribution >= 0.6 is 0 Å². The molecule has 5 heteroatoms. The molecule has 0 saturated carbocycles. The van der Waals surface area contributed by atoms with Crippen LogP contribution < -0.4 is 0 Å². The first-order valence-electron chi connectivity index (χ1n) is 5.70. The van der Waals surface area contributed by atoms with Gasteiger partial charge in [-0.05, 0) is 24.7 Å². The second-order valence-corrected chi connectivity index (χ2v) is 4.36. The smallest absolute Gasteiger partial charge is 0.0991 e. The Kier molecular flexibility index (Phi) is 3.70. The van der Waals surface area contributed by atoms with E-state index in [1.165, 1.54) is 5.56 Å². The molecule has 0 spiro atoms. The van der Waals surface area contributed by atoms with Crippen LogP contribution in [0.25, 0.3) is 0 Å². The Balaban J connectivity index is 1.94. The molecule has 0 bridgehead atoms. The van der Waals surface area contributed by atoms with Gasteiger partial charge in [0, 0.05) is 26.3 Å². The van der Waals surface area contributed by atoms with Crippen LogP contribution in [0.4, 0.5) is 0 Å². The van der Waals surface area contributed by atoms with Gasteiger partial charge < -0.3 is 0 Å². The quantitative estimate of drug-likeness (QED) is 0.810. The summed E-state index contributed by atoms with van der Waals surface area (Å²) in [6.07, 6.45) is 1.91. The lowest BCUT2D eigenvalue weighted by Gasteiger charge is -2.14. The zero-order valence-corrected chi connectivity index (χ0v) is 10.5. The van der Waals surface area contributed by atoms with Gasteiger partial charge in [-0.1, -0.05) is 17.3 Å². The van der Waals surface area contributed by atoms with E-state index in [-0.39, 0.29) is 0 Å². The molecule has 0 unspecified atom stereocenters. The summed E-state index contributed by atoms with van der Waals surface area (Å²) in [5, 5.41) is 16.7. The zero-order valence-electron chi connectivity index (χ0n) is 10.5. The van der Waals surface area contributed by atoms with Gasteiger partial charge in [-0.15, -0.1) is 5.10 Å². The van der Waals surface area contributed by atoms with E-state index in [0.29, 0.717) is 5.56 Å². The molecule has 0 radical (unpaired) electrons. The van der Waals surface area contributed by atoms with Crippen LogP contribution in [0.2, 0.25) is 0 Å². The number of hydrogen-bond donors (Lipinski definition) is 0. The number of benzene rings is 1. The van der Waals surface area contributed by atoms with Gasteiger partial charge in [0.05, 0.1) is 17.3 Å². The van der Waals surface area contributed by atoms with E-state index in [9.17, 15) is 0 Å². The van der Waals surface area contributed by atoms with Gasteiger partial charge in [-0.3, -0.25) is 9.58 Å². The number of aromatic nitrogens is 3. The summed E-state index contributed by atoms with van der Waals surface area (Å²) in [7, 11) is 3.89. The third kappa shape index (κ3) is 3.15. The normalized spacial score (nSPS) is 10.6. The highest BCUT2D eigenvalue weighted by molar-refractivity contribution is 5.31. The summed E-state index contributed by atoms with van der Waals surface area (Å²) in [6, 6.07) is 9.75. The van der Waals surface area contributed by atoms with Crippen molar-refractivity contribution < 1.29 is 0 Å². The molecule has 0 saturated heterocycles. The van der Waals surface area contributed by atoms with E-state index in [0.717, 1.165) is 18.8 Å². The van der Waals surface area contributed by atoms with Crippen molar-refractivity contribution in [1.29, 1.82) is 5.26 Å². The molecular weight excluding hydrogens is 226 g/mol. The number of hydrogen-bond acceptors (Lipinski definition) is 4. The van der Waals surface area contributed by atoms with Crippen LogP contribution in [0.15, 0.2) is 30.5 Å². The van der Waals surface area contributed by atoms with Crippen molar-refractivity contribution in [3.8, 4) is 6.07 Å². The summed E-state index contributed by atoms with van der Waals surface area (Å²) in [6.45, 7) is 1.58. The number of nitriles is 1. The summed E-state index contributed by atoms with van der Waals surface area (Å²) in [5.74, 6) is 0. The van der Waals surface area contributed by atoms with Crippen molar-refractivity contribution in [2.24, 2.45) is 7.05 Å². The minimum Gasteiger partial charge on any atom is -0.296 e. The minimum atomic E-state index is 0.690. The Bertz CT molecular complexity index is 550. The summed E-state index contributed by atoms with van der Waals surface area (Å²) in [4.78, 5) is 2.16. The molecule has 0 aliphatic rings. The first kappa shape index (κ1) is 12.3. The van der Waals surface area contributed by atoms with Crippen LogP contribution in [-0.2, 0) is 20.1 Å². The van der Waals surface area contributed by atoms with Gasteiger partial charge in [0.25, 0.3) is 0 Å². The first-order valence-corrected chi connectivity index (χ1v) is 5.70. The Hall–Kier alpha value is -2.19. The van der Waals surface area contributed by atoms with Crippen LogP contribution in [0.3, 0.4) is 0 Å². The molecule has 92 valence electrons. The highest BCUT2D eigenvalue weighted by Crippen LogP contribution is 2.07. The maximum absolute atomic E-state index is 8.73. The highest BCUT2D eigenvalue weighted by atomic mass is 15.4. The Morgan fingerprint density at radius 2 is 2.00 bits per heavy atom. The number of rotatable bonds is 4. The fourth-order valence-electron chi connectivity index (χ4n) is 1.80. The Labute approximate surface area is 106 Å². The van der Waals surface area contributed by atoms with E-state index >= 15 is 0 Å². The fourth-order valence-corrected chi connectivity index (χ4v) is 1.80. The standard InChI is InChI=1S/C13H15N5/c1-17(9-13-10-18(2)16-15-13)8-12-5-3-11(7-14)4-6-12/h3-6,10H,8-9H2,1-2H3.